The molecule has 2 heterocycles. The van der Waals surface area contributed by atoms with Crippen LogP contribution in [0.2, 0.25) is 0 Å². The number of carbonyl (C=O) groups is 1. The second kappa shape index (κ2) is 9.54. The molecule has 7 heteroatoms. The fourth-order valence-electron chi connectivity index (χ4n) is 3.73. The standard InChI is InChI=1S/C23H27N5O2/c1-30-21-10-8-20(9-11-21)27-16-14-26(15-17-27)12-5-13-28-18-22(24-25-28)23(29)19-6-3-2-4-7-19/h2-4,6-11,18H,5,12-17H2,1H3. The van der Waals surface area contributed by atoms with Gasteiger partial charge in [0.1, 0.15) is 5.75 Å². The number of anilines is 1. The van der Waals surface area contributed by atoms with Gasteiger partial charge in [0.2, 0.25) is 5.78 Å². The zero-order chi connectivity index (χ0) is 20.8. The molecule has 1 aromatic heterocycles. The second-order valence-corrected chi connectivity index (χ2v) is 7.44. The Bertz CT molecular complexity index is 947. The predicted molar refractivity (Wildman–Crippen MR) is 116 cm³/mol. The molecule has 30 heavy (non-hydrogen) atoms. The van der Waals surface area contributed by atoms with Crippen LogP contribution in [0.5, 0.6) is 5.75 Å². The molecule has 1 aliphatic rings. The molecule has 0 spiro atoms. The van der Waals surface area contributed by atoms with E-state index in [1.165, 1.54) is 5.69 Å². The topological polar surface area (TPSA) is 63.5 Å². The van der Waals surface area contributed by atoms with Crippen molar-refractivity contribution in [3.8, 4) is 5.75 Å². The van der Waals surface area contributed by atoms with Crippen molar-refractivity contribution in [2.24, 2.45) is 0 Å². The van der Waals surface area contributed by atoms with E-state index in [1.807, 2.05) is 30.3 Å². The number of aryl methyl sites for hydroxylation is 1. The molecule has 0 unspecified atom stereocenters. The lowest BCUT2D eigenvalue weighted by Gasteiger charge is -2.36. The number of ketones is 1. The number of benzene rings is 2. The Kier molecular flexibility index (Phi) is 6.39. The van der Waals surface area contributed by atoms with Gasteiger partial charge in [0, 0.05) is 50.5 Å². The lowest BCUT2D eigenvalue weighted by Crippen LogP contribution is -2.46. The number of methoxy groups -OCH3 is 1. The molecule has 1 saturated heterocycles. The Balaban J connectivity index is 1.21. The Morgan fingerprint density at radius 2 is 1.70 bits per heavy atom. The molecule has 1 aliphatic heterocycles. The SMILES string of the molecule is COc1ccc(N2CCN(CCCn3cc(C(=O)c4ccccc4)nn3)CC2)cc1. The molecule has 0 aliphatic carbocycles. The number of nitrogens with zero attached hydrogens (tertiary/aromatic N) is 5. The summed E-state index contributed by atoms with van der Waals surface area (Å²) in [5.74, 6) is 0.802. The van der Waals surface area contributed by atoms with Crippen LogP contribution < -0.4 is 9.64 Å². The first-order valence-corrected chi connectivity index (χ1v) is 10.3. The van der Waals surface area contributed by atoms with E-state index in [0.29, 0.717) is 11.3 Å². The van der Waals surface area contributed by atoms with Gasteiger partial charge in [-0.3, -0.25) is 14.4 Å². The first kappa shape index (κ1) is 20.1. The van der Waals surface area contributed by atoms with E-state index < -0.39 is 0 Å². The summed E-state index contributed by atoms with van der Waals surface area (Å²) in [5.41, 5.74) is 2.28. The highest BCUT2D eigenvalue weighted by molar-refractivity contribution is 6.07. The van der Waals surface area contributed by atoms with E-state index in [2.05, 4.69) is 32.2 Å². The van der Waals surface area contributed by atoms with Gasteiger partial charge in [-0.05, 0) is 30.7 Å². The van der Waals surface area contributed by atoms with Crippen molar-refractivity contribution in [1.82, 2.24) is 19.9 Å². The number of hydrogen-bond acceptors (Lipinski definition) is 6. The average molecular weight is 406 g/mol. The third kappa shape index (κ3) is 4.86. The number of hydrogen-bond donors (Lipinski definition) is 0. The van der Waals surface area contributed by atoms with Gasteiger partial charge in [-0.15, -0.1) is 5.10 Å². The lowest BCUT2D eigenvalue weighted by atomic mass is 10.1. The molecule has 0 amide bonds. The predicted octanol–water partition coefficient (Wildman–Crippen LogP) is 2.73. The van der Waals surface area contributed by atoms with Crippen molar-refractivity contribution in [3.05, 3.63) is 72.1 Å². The molecular weight excluding hydrogens is 378 g/mol. The quantitative estimate of drug-likeness (QED) is 0.537. The van der Waals surface area contributed by atoms with Gasteiger partial charge < -0.3 is 9.64 Å². The molecule has 0 saturated carbocycles. The fraction of sp³-hybridized carbons (Fsp3) is 0.348. The smallest absolute Gasteiger partial charge is 0.214 e. The minimum absolute atomic E-state index is 0.0866. The van der Waals surface area contributed by atoms with Gasteiger partial charge in [-0.2, -0.15) is 0 Å². The van der Waals surface area contributed by atoms with Crippen molar-refractivity contribution < 1.29 is 9.53 Å². The van der Waals surface area contributed by atoms with Crippen LogP contribution in [0.4, 0.5) is 5.69 Å². The Labute approximate surface area is 176 Å². The summed E-state index contributed by atoms with van der Waals surface area (Å²) in [7, 11) is 1.69. The van der Waals surface area contributed by atoms with E-state index in [9.17, 15) is 4.79 Å². The summed E-state index contributed by atoms with van der Waals surface area (Å²) in [5, 5.41) is 8.17. The van der Waals surface area contributed by atoms with Crippen LogP contribution in [-0.2, 0) is 6.54 Å². The molecule has 1 fully saturated rings. The third-order valence-electron chi connectivity index (χ3n) is 5.48. The molecule has 0 radical (unpaired) electrons. The van der Waals surface area contributed by atoms with Crippen LogP contribution in [-0.4, -0.2) is 65.5 Å². The maximum absolute atomic E-state index is 12.4. The van der Waals surface area contributed by atoms with Gasteiger partial charge in [0.15, 0.2) is 5.69 Å². The molecule has 0 atom stereocenters. The number of piperazine rings is 1. The number of rotatable bonds is 8. The zero-order valence-corrected chi connectivity index (χ0v) is 17.3. The minimum Gasteiger partial charge on any atom is -0.497 e. The van der Waals surface area contributed by atoms with Crippen molar-refractivity contribution in [1.29, 1.82) is 0 Å². The van der Waals surface area contributed by atoms with Gasteiger partial charge in [0.05, 0.1) is 13.3 Å². The first-order chi connectivity index (χ1) is 14.7. The monoisotopic (exact) mass is 405 g/mol. The maximum Gasteiger partial charge on any atom is 0.214 e. The fourth-order valence-corrected chi connectivity index (χ4v) is 3.73. The molecule has 7 nitrogen and oxygen atoms in total. The summed E-state index contributed by atoms with van der Waals surface area (Å²) in [4.78, 5) is 17.3. The number of carbonyl (C=O) groups excluding carboxylic acids is 1. The average Bonchev–Trinajstić information content (AvgIpc) is 3.29. The van der Waals surface area contributed by atoms with Crippen LogP contribution in [0.15, 0.2) is 60.8 Å². The Morgan fingerprint density at radius 1 is 0.967 bits per heavy atom. The zero-order valence-electron chi connectivity index (χ0n) is 17.3. The summed E-state index contributed by atoms with van der Waals surface area (Å²) < 4.78 is 7.00. The highest BCUT2D eigenvalue weighted by atomic mass is 16.5. The van der Waals surface area contributed by atoms with Gasteiger partial charge in [0.25, 0.3) is 0 Å². The largest absolute Gasteiger partial charge is 0.497 e. The number of aromatic nitrogens is 3. The van der Waals surface area contributed by atoms with Crippen molar-refractivity contribution in [2.45, 2.75) is 13.0 Å². The van der Waals surface area contributed by atoms with Gasteiger partial charge in [-0.25, -0.2) is 0 Å². The molecule has 3 aromatic rings. The van der Waals surface area contributed by atoms with Crippen LogP contribution in [0, 0.1) is 0 Å². The summed E-state index contributed by atoms with van der Waals surface area (Å²) in [6, 6.07) is 17.5. The molecule has 0 bridgehead atoms. The van der Waals surface area contributed by atoms with E-state index in [4.69, 9.17) is 4.74 Å². The molecular formula is C23H27N5O2. The van der Waals surface area contributed by atoms with E-state index in [0.717, 1.165) is 51.4 Å². The van der Waals surface area contributed by atoms with Crippen LogP contribution in [0.25, 0.3) is 0 Å². The highest BCUT2D eigenvalue weighted by Crippen LogP contribution is 2.20. The van der Waals surface area contributed by atoms with Gasteiger partial charge >= 0.3 is 0 Å². The summed E-state index contributed by atoms with van der Waals surface area (Å²) in [6.07, 6.45) is 2.72. The molecule has 0 N–H and O–H groups in total. The normalized spacial score (nSPS) is 14.6. The molecule has 2 aromatic carbocycles. The van der Waals surface area contributed by atoms with Crippen molar-refractivity contribution in [3.63, 3.8) is 0 Å². The molecule has 156 valence electrons. The third-order valence-corrected chi connectivity index (χ3v) is 5.48. The second-order valence-electron chi connectivity index (χ2n) is 7.44. The Hall–Kier alpha value is -3.19. The first-order valence-electron chi connectivity index (χ1n) is 10.3. The van der Waals surface area contributed by atoms with E-state index >= 15 is 0 Å². The number of ether oxygens (including phenoxy) is 1. The maximum atomic E-state index is 12.4. The van der Waals surface area contributed by atoms with Crippen molar-refractivity contribution >= 4 is 11.5 Å². The van der Waals surface area contributed by atoms with Crippen LogP contribution >= 0.6 is 0 Å². The molecule has 4 rings (SSSR count). The van der Waals surface area contributed by atoms with Gasteiger partial charge in [-0.1, -0.05) is 35.5 Å². The van der Waals surface area contributed by atoms with E-state index in [1.54, 1.807) is 30.1 Å². The summed E-state index contributed by atoms with van der Waals surface area (Å²) >= 11 is 0. The Morgan fingerprint density at radius 3 is 2.40 bits per heavy atom. The summed E-state index contributed by atoms with van der Waals surface area (Å²) in [6.45, 7) is 5.89. The van der Waals surface area contributed by atoms with E-state index in [-0.39, 0.29) is 5.78 Å². The highest BCUT2D eigenvalue weighted by Gasteiger charge is 2.17. The van der Waals surface area contributed by atoms with Crippen LogP contribution in [0.1, 0.15) is 22.5 Å². The van der Waals surface area contributed by atoms with Crippen molar-refractivity contribution in [2.75, 3.05) is 44.7 Å². The van der Waals surface area contributed by atoms with Crippen LogP contribution in [0.3, 0.4) is 0 Å². The minimum atomic E-state index is -0.0866. The lowest BCUT2D eigenvalue weighted by molar-refractivity contribution is 0.103.